The van der Waals surface area contributed by atoms with Gasteiger partial charge in [0, 0.05) is 5.56 Å². The summed E-state index contributed by atoms with van der Waals surface area (Å²) in [5, 5.41) is 10.2. The van der Waals surface area contributed by atoms with Gasteiger partial charge in [-0.05, 0) is 19.1 Å². The van der Waals surface area contributed by atoms with Crippen LogP contribution in [0.15, 0.2) is 24.0 Å². The van der Waals surface area contributed by atoms with E-state index in [1.165, 1.54) is 19.2 Å². The first-order valence-corrected chi connectivity index (χ1v) is 6.10. The highest BCUT2D eigenvalue weighted by Gasteiger charge is 2.17. The van der Waals surface area contributed by atoms with Crippen LogP contribution in [0, 0.1) is 5.82 Å². The first-order valence-electron chi connectivity index (χ1n) is 6.10. The summed E-state index contributed by atoms with van der Waals surface area (Å²) < 4.78 is 23.5. The van der Waals surface area contributed by atoms with Gasteiger partial charge >= 0.3 is 5.97 Å². The van der Waals surface area contributed by atoms with Crippen LogP contribution < -0.4 is 21.3 Å². The van der Waals surface area contributed by atoms with Crippen molar-refractivity contribution >= 4 is 11.7 Å². The Morgan fingerprint density at radius 1 is 1.52 bits per heavy atom. The third-order valence-electron chi connectivity index (χ3n) is 2.63. The second-order valence-electron chi connectivity index (χ2n) is 3.95. The molecule has 0 saturated carbocycles. The van der Waals surface area contributed by atoms with Gasteiger partial charge < -0.3 is 20.3 Å². The lowest BCUT2D eigenvalue weighted by atomic mass is 10.1. The molecule has 0 unspecified atom stereocenters. The molecule has 8 heteroatoms. The number of ether oxygens (including phenoxy) is 2. The van der Waals surface area contributed by atoms with Crippen LogP contribution in [0.25, 0.3) is 0 Å². The predicted octanol–water partition coefficient (Wildman–Crippen LogP) is 0.370. The zero-order chi connectivity index (χ0) is 16.0. The van der Waals surface area contributed by atoms with Crippen LogP contribution in [0.2, 0.25) is 0 Å². The van der Waals surface area contributed by atoms with E-state index in [-0.39, 0.29) is 29.3 Å². The number of aliphatic hydroxyl groups is 1. The van der Waals surface area contributed by atoms with Crippen molar-refractivity contribution < 1.29 is 23.8 Å². The second-order valence-corrected chi connectivity index (χ2v) is 3.95. The van der Waals surface area contributed by atoms with Gasteiger partial charge in [0.15, 0.2) is 11.6 Å². The van der Waals surface area contributed by atoms with Gasteiger partial charge in [-0.3, -0.25) is 5.01 Å². The average molecular weight is 299 g/mol. The van der Waals surface area contributed by atoms with Gasteiger partial charge in [-0.1, -0.05) is 0 Å². The molecule has 0 heterocycles. The fourth-order valence-corrected chi connectivity index (χ4v) is 1.63. The molecule has 0 aliphatic heterocycles. The van der Waals surface area contributed by atoms with Gasteiger partial charge in [0.25, 0.3) is 0 Å². The highest BCUT2D eigenvalue weighted by atomic mass is 19.1. The molecule has 0 aliphatic rings. The van der Waals surface area contributed by atoms with E-state index in [9.17, 15) is 14.3 Å². The number of benzene rings is 1. The van der Waals surface area contributed by atoms with Crippen LogP contribution in [-0.4, -0.2) is 24.8 Å². The van der Waals surface area contributed by atoms with E-state index in [1.54, 1.807) is 6.92 Å². The van der Waals surface area contributed by atoms with E-state index in [4.69, 9.17) is 21.1 Å². The van der Waals surface area contributed by atoms with Crippen molar-refractivity contribution in [1.82, 2.24) is 0 Å². The molecule has 0 amide bonds. The third-order valence-corrected chi connectivity index (χ3v) is 2.63. The van der Waals surface area contributed by atoms with Crippen LogP contribution in [0.5, 0.6) is 5.75 Å². The molecule has 0 fully saturated rings. The van der Waals surface area contributed by atoms with E-state index in [0.29, 0.717) is 0 Å². The number of halogens is 1. The van der Waals surface area contributed by atoms with Gasteiger partial charge in [0.05, 0.1) is 32.2 Å². The fraction of sp³-hybridized carbons (Fsp3) is 0.308. The minimum atomic E-state index is -0.743. The van der Waals surface area contributed by atoms with Crippen molar-refractivity contribution in [3.63, 3.8) is 0 Å². The standard InChI is InChI=1S/C13H18FN3O4/c1-3-21-13(19)9(15)6-17(16)10-4-5-11(20-2)12(14)8(10)7-18/h4-6,18H,3,7,15-16H2,1-2H3/b9-6-. The summed E-state index contributed by atoms with van der Waals surface area (Å²) in [6.07, 6.45) is 1.08. The van der Waals surface area contributed by atoms with Crippen molar-refractivity contribution in [2.45, 2.75) is 13.5 Å². The monoisotopic (exact) mass is 299 g/mol. The number of hydrogen-bond acceptors (Lipinski definition) is 7. The van der Waals surface area contributed by atoms with Crippen LogP contribution >= 0.6 is 0 Å². The summed E-state index contributed by atoms with van der Waals surface area (Å²) in [5.74, 6) is 4.21. The Labute approximate surface area is 121 Å². The Kier molecular flexibility index (Phi) is 5.94. The summed E-state index contributed by atoms with van der Waals surface area (Å²) >= 11 is 0. The zero-order valence-electron chi connectivity index (χ0n) is 11.8. The average Bonchev–Trinajstić information content (AvgIpc) is 2.46. The molecule has 0 spiro atoms. The molecule has 0 radical (unpaired) electrons. The molecule has 1 aromatic rings. The van der Waals surface area contributed by atoms with Crippen LogP contribution in [-0.2, 0) is 16.1 Å². The topological polar surface area (TPSA) is 111 Å². The largest absolute Gasteiger partial charge is 0.494 e. The van der Waals surface area contributed by atoms with E-state index in [1.807, 2.05) is 0 Å². The second kappa shape index (κ2) is 7.46. The quantitative estimate of drug-likeness (QED) is 0.301. The number of aliphatic hydroxyl groups excluding tert-OH is 1. The molecular formula is C13H18FN3O4. The van der Waals surface area contributed by atoms with Gasteiger partial charge in [0.2, 0.25) is 0 Å². The molecule has 0 atom stereocenters. The number of esters is 1. The van der Waals surface area contributed by atoms with Gasteiger partial charge in [-0.2, -0.15) is 0 Å². The van der Waals surface area contributed by atoms with Gasteiger partial charge in [-0.25, -0.2) is 15.0 Å². The number of hydrazine groups is 1. The Hall–Kier alpha value is -2.32. The van der Waals surface area contributed by atoms with Crippen molar-refractivity contribution in [2.75, 3.05) is 18.7 Å². The fourth-order valence-electron chi connectivity index (χ4n) is 1.63. The smallest absolute Gasteiger partial charge is 0.355 e. The molecule has 5 N–H and O–H groups in total. The maximum atomic E-state index is 14.0. The maximum Gasteiger partial charge on any atom is 0.355 e. The molecular weight excluding hydrogens is 281 g/mol. The number of anilines is 1. The van der Waals surface area contributed by atoms with E-state index in [0.717, 1.165) is 11.2 Å². The first-order chi connectivity index (χ1) is 9.96. The number of carbonyl (C=O) groups excluding carboxylic acids is 1. The maximum absolute atomic E-state index is 14.0. The lowest BCUT2D eigenvalue weighted by molar-refractivity contribution is -0.138. The predicted molar refractivity (Wildman–Crippen MR) is 74.4 cm³/mol. The lowest BCUT2D eigenvalue weighted by Crippen LogP contribution is -2.29. The molecule has 0 aliphatic carbocycles. The molecule has 1 rings (SSSR count). The normalized spacial score (nSPS) is 11.2. The van der Waals surface area contributed by atoms with Crippen molar-refractivity contribution in [1.29, 1.82) is 0 Å². The van der Waals surface area contributed by atoms with E-state index < -0.39 is 18.4 Å². The number of hydrogen-bond donors (Lipinski definition) is 3. The van der Waals surface area contributed by atoms with Crippen LogP contribution in [0.3, 0.4) is 0 Å². The van der Waals surface area contributed by atoms with Crippen molar-refractivity contribution in [2.24, 2.45) is 11.6 Å². The SMILES string of the molecule is CCOC(=O)/C(N)=C/N(N)c1ccc(OC)c(F)c1CO. The minimum Gasteiger partial charge on any atom is -0.494 e. The van der Waals surface area contributed by atoms with Crippen molar-refractivity contribution in [3.8, 4) is 5.75 Å². The summed E-state index contributed by atoms with van der Waals surface area (Å²) in [5.41, 5.74) is 5.32. The first kappa shape index (κ1) is 16.7. The highest BCUT2D eigenvalue weighted by Crippen LogP contribution is 2.29. The molecule has 7 nitrogen and oxygen atoms in total. The van der Waals surface area contributed by atoms with E-state index in [2.05, 4.69) is 0 Å². The van der Waals surface area contributed by atoms with Crippen molar-refractivity contribution in [3.05, 3.63) is 35.4 Å². The third kappa shape index (κ3) is 3.83. The number of nitrogens with two attached hydrogens (primary N) is 2. The molecule has 116 valence electrons. The molecule has 0 bridgehead atoms. The Morgan fingerprint density at radius 3 is 2.71 bits per heavy atom. The summed E-state index contributed by atoms with van der Waals surface area (Å²) in [6.45, 7) is 1.20. The molecule has 1 aromatic carbocycles. The Morgan fingerprint density at radius 2 is 2.19 bits per heavy atom. The molecule has 0 aromatic heterocycles. The summed E-state index contributed by atoms with van der Waals surface area (Å²) in [7, 11) is 1.30. The zero-order valence-corrected chi connectivity index (χ0v) is 11.8. The number of carbonyl (C=O) groups is 1. The van der Waals surface area contributed by atoms with Crippen LogP contribution in [0.1, 0.15) is 12.5 Å². The minimum absolute atomic E-state index is 0.0291. The summed E-state index contributed by atoms with van der Waals surface area (Å²) in [6, 6.07) is 2.78. The Balaban J connectivity index is 3.13. The number of nitrogens with zero attached hydrogens (tertiary/aromatic N) is 1. The number of methoxy groups -OCH3 is 1. The van der Waals surface area contributed by atoms with E-state index >= 15 is 0 Å². The Bertz CT molecular complexity index is 548. The molecule has 21 heavy (non-hydrogen) atoms. The highest BCUT2D eigenvalue weighted by molar-refractivity contribution is 5.87. The van der Waals surface area contributed by atoms with Gasteiger partial charge in [0.1, 0.15) is 5.70 Å². The molecule has 0 saturated heterocycles. The summed E-state index contributed by atoms with van der Waals surface area (Å²) in [4.78, 5) is 11.4. The van der Waals surface area contributed by atoms with Gasteiger partial charge in [-0.15, -0.1) is 0 Å². The van der Waals surface area contributed by atoms with Crippen LogP contribution in [0.4, 0.5) is 10.1 Å². The lowest BCUT2D eigenvalue weighted by Gasteiger charge is -2.19. The number of rotatable bonds is 6.